The van der Waals surface area contributed by atoms with Gasteiger partial charge in [0, 0.05) is 25.6 Å². The maximum absolute atomic E-state index is 12.0. The third kappa shape index (κ3) is 4.55. The highest BCUT2D eigenvalue weighted by Crippen LogP contribution is 2.21. The van der Waals surface area contributed by atoms with Gasteiger partial charge in [-0.1, -0.05) is 6.92 Å². The van der Waals surface area contributed by atoms with Gasteiger partial charge in [-0.15, -0.1) is 0 Å². The molecule has 0 radical (unpaired) electrons. The highest BCUT2D eigenvalue weighted by Gasteiger charge is 2.26. The first-order chi connectivity index (χ1) is 8.54. The van der Waals surface area contributed by atoms with Gasteiger partial charge >= 0.3 is 12.0 Å². The molecule has 2 amide bonds. The summed E-state index contributed by atoms with van der Waals surface area (Å²) in [4.78, 5) is 24.8. The van der Waals surface area contributed by atoms with Crippen LogP contribution in [0.4, 0.5) is 4.79 Å². The summed E-state index contributed by atoms with van der Waals surface area (Å²) in [5.41, 5.74) is 0. The average Bonchev–Trinajstić information content (AvgIpc) is 2.36. The molecule has 0 saturated carbocycles. The van der Waals surface area contributed by atoms with Crippen molar-refractivity contribution in [1.29, 1.82) is 0 Å². The minimum Gasteiger partial charge on any atom is -0.469 e. The summed E-state index contributed by atoms with van der Waals surface area (Å²) < 4.78 is 4.54. The first kappa shape index (κ1) is 14.8. The van der Waals surface area contributed by atoms with E-state index in [2.05, 4.69) is 23.9 Å². The van der Waals surface area contributed by atoms with Crippen molar-refractivity contribution in [2.24, 2.45) is 5.92 Å². The van der Waals surface area contributed by atoms with Gasteiger partial charge in [0.1, 0.15) is 0 Å². The Kier molecular flexibility index (Phi) is 5.95. The number of urea groups is 1. The zero-order valence-electron chi connectivity index (χ0n) is 11.6. The largest absolute Gasteiger partial charge is 0.469 e. The topological polar surface area (TPSA) is 58.6 Å². The molecule has 5 nitrogen and oxygen atoms in total. The molecule has 0 aromatic carbocycles. The Hall–Kier alpha value is -1.26. The predicted octanol–water partition coefficient (Wildman–Crippen LogP) is 1.77. The molecule has 5 heteroatoms. The second-order valence-corrected chi connectivity index (χ2v) is 5.10. The highest BCUT2D eigenvalue weighted by atomic mass is 16.5. The van der Waals surface area contributed by atoms with Crippen molar-refractivity contribution in [2.75, 3.05) is 20.2 Å². The van der Waals surface area contributed by atoms with E-state index in [4.69, 9.17) is 0 Å². The average molecular weight is 256 g/mol. The van der Waals surface area contributed by atoms with Crippen LogP contribution < -0.4 is 5.32 Å². The molecule has 1 heterocycles. The molecule has 0 aromatic rings. The molecular formula is C13H24N2O3. The second-order valence-electron chi connectivity index (χ2n) is 5.10. The summed E-state index contributed by atoms with van der Waals surface area (Å²) in [6.45, 7) is 5.60. The van der Waals surface area contributed by atoms with E-state index in [1.54, 1.807) is 0 Å². The van der Waals surface area contributed by atoms with E-state index in [-0.39, 0.29) is 12.0 Å². The minimum absolute atomic E-state index is 0.0149. The van der Waals surface area contributed by atoms with Crippen LogP contribution in [0.1, 0.15) is 39.5 Å². The number of ether oxygens (including phenoxy) is 1. The zero-order valence-corrected chi connectivity index (χ0v) is 11.6. The number of piperidine rings is 1. The Labute approximate surface area is 109 Å². The smallest absolute Gasteiger partial charge is 0.317 e. The van der Waals surface area contributed by atoms with E-state index >= 15 is 0 Å². The zero-order chi connectivity index (χ0) is 13.5. The van der Waals surface area contributed by atoms with Gasteiger partial charge in [-0.3, -0.25) is 4.79 Å². The lowest BCUT2D eigenvalue weighted by Crippen LogP contribution is -2.49. The monoisotopic (exact) mass is 256 g/mol. The van der Waals surface area contributed by atoms with Crippen molar-refractivity contribution < 1.29 is 14.3 Å². The third-order valence-electron chi connectivity index (χ3n) is 3.44. The maximum atomic E-state index is 12.0. The Morgan fingerprint density at radius 3 is 2.72 bits per heavy atom. The van der Waals surface area contributed by atoms with Crippen LogP contribution in [-0.4, -0.2) is 43.1 Å². The second kappa shape index (κ2) is 7.24. The Balaban J connectivity index is 2.25. The predicted molar refractivity (Wildman–Crippen MR) is 69.2 cm³/mol. The molecule has 0 aliphatic carbocycles. The molecule has 0 spiro atoms. The normalized spacial score (nSPS) is 23.6. The fraction of sp³-hybridized carbons (Fsp3) is 0.846. The van der Waals surface area contributed by atoms with Crippen molar-refractivity contribution in [1.82, 2.24) is 10.2 Å². The van der Waals surface area contributed by atoms with Crippen LogP contribution in [0.2, 0.25) is 0 Å². The van der Waals surface area contributed by atoms with Gasteiger partial charge in [0.25, 0.3) is 0 Å². The van der Waals surface area contributed by atoms with Gasteiger partial charge in [-0.05, 0) is 32.1 Å². The summed E-state index contributed by atoms with van der Waals surface area (Å²) in [5, 5.41) is 2.86. The summed E-state index contributed by atoms with van der Waals surface area (Å²) in [6, 6.07) is 0.292. The van der Waals surface area contributed by atoms with Crippen molar-refractivity contribution in [3.63, 3.8) is 0 Å². The van der Waals surface area contributed by atoms with Gasteiger partial charge in [0.2, 0.25) is 0 Å². The maximum Gasteiger partial charge on any atom is 0.317 e. The lowest BCUT2D eigenvalue weighted by molar-refractivity contribution is -0.140. The lowest BCUT2D eigenvalue weighted by Gasteiger charge is -2.36. The molecule has 104 valence electrons. The summed E-state index contributed by atoms with van der Waals surface area (Å²) >= 11 is 0. The number of nitrogens with zero attached hydrogens (tertiary/aromatic N) is 1. The molecule has 1 fully saturated rings. The van der Waals surface area contributed by atoms with Crippen LogP contribution >= 0.6 is 0 Å². The number of hydrogen-bond acceptors (Lipinski definition) is 3. The van der Waals surface area contributed by atoms with Gasteiger partial charge in [0.05, 0.1) is 7.11 Å². The number of nitrogens with one attached hydrogen (secondary N) is 1. The van der Waals surface area contributed by atoms with Crippen LogP contribution in [0.25, 0.3) is 0 Å². The number of carbonyl (C=O) groups is 2. The minimum atomic E-state index is -0.232. The first-order valence-corrected chi connectivity index (χ1v) is 6.66. The van der Waals surface area contributed by atoms with Crippen LogP contribution in [-0.2, 0) is 9.53 Å². The summed E-state index contributed by atoms with van der Waals surface area (Å²) in [7, 11) is 1.37. The number of likely N-dealkylation sites (tertiary alicyclic amines) is 1. The van der Waals surface area contributed by atoms with Crippen molar-refractivity contribution in [3.8, 4) is 0 Å². The van der Waals surface area contributed by atoms with E-state index in [0.717, 1.165) is 13.0 Å². The molecule has 0 bridgehead atoms. The molecule has 1 saturated heterocycles. The van der Waals surface area contributed by atoms with Crippen LogP contribution in [0.5, 0.6) is 0 Å². The highest BCUT2D eigenvalue weighted by molar-refractivity contribution is 5.74. The van der Waals surface area contributed by atoms with E-state index in [1.165, 1.54) is 13.5 Å². The Morgan fingerprint density at radius 2 is 2.06 bits per heavy atom. The summed E-state index contributed by atoms with van der Waals surface area (Å²) in [5.74, 6) is 0.339. The van der Waals surface area contributed by atoms with Crippen molar-refractivity contribution >= 4 is 12.0 Å². The standard InChI is InChI=1S/C13H24N2O3/c1-10-6-7-11(2)15(9-10)13(17)14-8-4-5-12(16)18-3/h10-11H,4-9H2,1-3H3,(H,14,17). The molecule has 2 atom stereocenters. The molecule has 18 heavy (non-hydrogen) atoms. The number of rotatable bonds is 4. The summed E-state index contributed by atoms with van der Waals surface area (Å²) in [6.07, 6.45) is 3.23. The number of amides is 2. The number of esters is 1. The fourth-order valence-corrected chi connectivity index (χ4v) is 2.20. The fourth-order valence-electron chi connectivity index (χ4n) is 2.20. The van der Waals surface area contributed by atoms with Gasteiger partial charge in [-0.25, -0.2) is 4.79 Å². The van der Waals surface area contributed by atoms with Crippen LogP contribution in [0.15, 0.2) is 0 Å². The van der Waals surface area contributed by atoms with E-state index in [0.29, 0.717) is 31.3 Å². The van der Waals surface area contributed by atoms with E-state index in [9.17, 15) is 9.59 Å². The van der Waals surface area contributed by atoms with Gasteiger partial charge in [0.15, 0.2) is 0 Å². The number of hydrogen-bond donors (Lipinski definition) is 1. The van der Waals surface area contributed by atoms with Gasteiger partial charge < -0.3 is 15.0 Å². The Morgan fingerprint density at radius 1 is 1.33 bits per heavy atom. The van der Waals surface area contributed by atoms with Crippen LogP contribution in [0.3, 0.4) is 0 Å². The van der Waals surface area contributed by atoms with Gasteiger partial charge in [-0.2, -0.15) is 0 Å². The quantitative estimate of drug-likeness (QED) is 0.616. The molecule has 1 aliphatic heterocycles. The molecule has 1 N–H and O–H groups in total. The van der Waals surface area contributed by atoms with Crippen molar-refractivity contribution in [3.05, 3.63) is 0 Å². The van der Waals surface area contributed by atoms with E-state index < -0.39 is 0 Å². The number of methoxy groups -OCH3 is 1. The molecule has 1 aliphatic rings. The third-order valence-corrected chi connectivity index (χ3v) is 3.44. The SMILES string of the molecule is COC(=O)CCCNC(=O)N1CC(C)CCC1C. The number of carbonyl (C=O) groups excluding carboxylic acids is 2. The Bertz CT molecular complexity index is 294. The van der Waals surface area contributed by atoms with Crippen LogP contribution in [0, 0.1) is 5.92 Å². The van der Waals surface area contributed by atoms with Crippen molar-refractivity contribution in [2.45, 2.75) is 45.6 Å². The molecule has 2 unspecified atom stereocenters. The lowest BCUT2D eigenvalue weighted by atomic mass is 9.95. The molecular weight excluding hydrogens is 232 g/mol. The van der Waals surface area contributed by atoms with E-state index in [1.807, 2.05) is 4.90 Å². The molecule has 1 rings (SSSR count). The molecule has 0 aromatic heterocycles. The first-order valence-electron chi connectivity index (χ1n) is 6.66.